The van der Waals surface area contributed by atoms with Crippen LogP contribution in [-0.4, -0.2) is 0 Å². The van der Waals surface area contributed by atoms with Gasteiger partial charge in [-0.15, -0.1) is 0 Å². The molecule has 1 unspecified atom stereocenters. The third-order valence-electron chi connectivity index (χ3n) is 4.06. The molecule has 0 saturated heterocycles. The maximum atomic E-state index is 2.35. The summed E-state index contributed by atoms with van der Waals surface area (Å²) in [6.07, 6.45) is 9.22. The monoisotopic (exact) mass is 230 g/mol. The minimum Gasteiger partial charge on any atom is -0.0755 e. The molecule has 2 aromatic carbocycles. The van der Waals surface area contributed by atoms with Crippen LogP contribution >= 0.6 is 0 Å². The molecule has 2 aliphatic carbocycles. The SMILES string of the molecule is C1=CC([C@@H]2C=Cc3ccccc32)c2ccccc21. The van der Waals surface area contributed by atoms with Crippen LogP contribution in [0.1, 0.15) is 34.1 Å². The lowest BCUT2D eigenvalue weighted by Gasteiger charge is -2.19. The highest BCUT2D eigenvalue weighted by molar-refractivity contribution is 5.68. The Labute approximate surface area is 107 Å². The fourth-order valence-corrected chi connectivity index (χ4v) is 3.18. The quantitative estimate of drug-likeness (QED) is 0.671. The molecule has 2 atom stereocenters. The van der Waals surface area contributed by atoms with Gasteiger partial charge in [-0.1, -0.05) is 72.8 Å². The van der Waals surface area contributed by atoms with Crippen molar-refractivity contribution < 1.29 is 0 Å². The van der Waals surface area contributed by atoms with Crippen LogP contribution < -0.4 is 0 Å². The van der Waals surface area contributed by atoms with Crippen molar-refractivity contribution in [3.8, 4) is 0 Å². The first-order chi connectivity index (χ1) is 8.93. The van der Waals surface area contributed by atoms with E-state index < -0.39 is 0 Å². The van der Waals surface area contributed by atoms with E-state index in [1.807, 2.05) is 0 Å². The zero-order valence-corrected chi connectivity index (χ0v) is 10.1. The van der Waals surface area contributed by atoms with Crippen LogP contribution in [0.4, 0.5) is 0 Å². The first-order valence-corrected chi connectivity index (χ1v) is 6.48. The van der Waals surface area contributed by atoms with E-state index in [0.717, 1.165) is 0 Å². The van der Waals surface area contributed by atoms with Gasteiger partial charge in [-0.3, -0.25) is 0 Å². The van der Waals surface area contributed by atoms with E-state index in [9.17, 15) is 0 Å². The molecule has 2 aliphatic rings. The Hall–Kier alpha value is -2.08. The topological polar surface area (TPSA) is 0 Å². The predicted octanol–water partition coefficient (Wildman–Crippen LogP) is 4.61. The maximum Gasteiger partial charge on any atom is 0.0131 e. The van der Waals surface area contributed by atoms with E-state index >= 15 is 0 Å². The Balaban J connectivity index is 1.80. The smallest absolute Gasteiger partial charge is 0.0131 e. The molecule has 0 aliphatic heterocycles. The number of fused-ring (bicyclic) bond motifs is 2. The highest BCUT2D eigenvalue weighted by atomic mass is 14.3. The lowest BCUT2D eigenvalue weighted by Crippen LogP contribution is -2.04. The maximum absolute atomic E-state index is 2.35. The van der Waals surface area contributed by atoms with Gasteiger partial charge in [0.25, 0.3) is 0 Å². The Morgan fingerprint density at radius 3 is 1.50 bits per heavy atom. The van der Waals surface area contributed by atoms with Crippen molar-refractivity contribution in [3.63, 3.8) is 0 Å². The Morgan fingerprint density at radius 1 is 0.556 bits per heavy atom. The van der Waals surface area contributed by atoms with Gasteiger partial charge in [-0.2, -0.15) is 0 Å². The highest BCUT2D eigenvalue weighted by Gasteiger charge is 2.28. The van der Waals surface area contributed by atoms with Crippen LogP contribution in [0.25, 0.3) is 12.2 Å². The molecule has 18 heavy (non-hydrogen) atoms. The second-order valence-corrected chi connectivity index (χ2v) is 5.03. The summed E-state index contributed by atoms with van der Waals surface area (Å²) < 4.78 is 0. The molecule has 0 spiro atoms. The largest absolute Gasteiger partial charge is 0.0755 e. The van der Waals surface area contributed by atoms with Crippen LogP contribution in [0, 0.1) is 0 Å². The van der Waals surface area contributed by atoms with Crippen LogP contribution in [0.5, 0.6) is 0 Å². The third kappa shape index (κ3) is 1.32. The molecule has 0 N–H and O–H groups in total. The minimum atomic E-state index is 0.501. The van der Waals surface area contributed by atoms with Gasteiger partial charge in [-0.25, -0.2) is 0 Å². The highest BCUT2D eigenvalue weighted by Crippen LogP contribution is 2.45. The van der Waals surface area contributed by atoms with Crippen molar-refractivity contribution in [1.82, 2.24) is 0 Å². The molecule has 0 bridgehead atoms. The third-order valence-corrected chi connectivity index (χ3v) is 4.06. The van der Waals surface area contributed by atoms with Crippen molar-refractivity contribution in [2.24, 2.45) is 0 Å². The average Bonchev–Trinajstić information content (AvgIpc) is 3.01. The summed E-state index contributed by atoms with van der Waals surface area (Å²) in [5.41, 5.74) is 5.67. The number of hydrogen-bond acceptors (Lipinski definition) is 0. The van der Waals surface area contributed by atoms with Crippen LogP contribution in [0.15, 0.2) is 60.7 Å². The van der Waals surface area contributed by atoms with E-state index in [2.05, 4.69) is 72.8 Å². The van der Waals surface area contributed by atoms with E-state index in [0.29, 0.717) is 11.8 Å². The standard InChI is InChI=1S/C18H14/c1-3-7-15-13(5-1)9-11-17(15)18-12-10-14-6-2-4-8-16(14)18/h1-12,17-18H/t17-,18?/m1/s1. The summed E-state index contributed by atoms with van der Waals surface area (Å²) >= 11 is 0. The summed E-state index contributed by atoms with van der Waals surface area (Å²) in [7, 11) is 0. The molecule has 0 fully saturated rings. The lowest BCUT2D eigenvalue weighted by molar-refractivity contribution is 0.759. The Bertz CT molecular complexity index is 602. The molecular weight excluding hydrogens is 216 g/mol. The van der Waals surface area contributed by atoms with Crippen LogP contribution in [0.3, 0.4) is 0 Å². The van der Waals surface area contributed by atoms with Crippen molar-refractivity contribution in [2.45, 2.75) is 11.8 Å². The molecule has 4 rings (SSSR count). The molecule has 0 radical (unpaired) electrons. The molecular formula is C18H14. The summed E-state index contributed by atoms with van der Waals surface area (Å²) in [5, 5.41) is 0. The second-order valence-electron chi connectivity index (χ2n) is 5.03. The Morgan fingerprint density at radius 2 is 1.00 bits per heavy atom. The summed E-state index contributed by atoms with van der Waals surface area (Å²) in [6.45, 7) is 0. The zero-order chi connectivity index (χ0) is 11.9. The van der Waals surface area contributed by atoms with Gasteiger partial charge in [0, 0.05) is 11.8 Å². The van der Waals surface area contributed by atoms with Gasteiger partial charge in [0.05, 0.1) is 0 Å². The number of allylic oxidation sites excluding steroid dienone is 2. The molecule has 2 aromatic rings. The average molecular weight is 230 g/mol. The van der Waals surface area contributed by atoms with Gasteiger partial charge < -0.3 is 0 Å². The van der Waals surface area contributed by atoms with Gasteiger partial charge in [0.2, 0.25) is 0 Å². The summed E-state index contributed by atoms with van der Waals surface area (Å²) in [5.74, 6) is 1.00. The van der Waals surface area contributed by atoms with Crippen molar-refractivity contribution in [2.75, 3.05) is 0 Å². The lowest BCUT2D eigenvalue weighted by atomic mass is 9.84. The molecule has 0 saturated carbocycles. The first kappa shape index (κ1) is 9.90. The normalized spacial score (nSPS) is 23.1. The molecule has 0 aromatic heterocycles. The summed E-state index contributed by atoms with van der Waals surface area (Å²) in [6, 6.07) is 17.4. The van der Waals surface area contributed by atoms with Gasteiger partial charge in [0.15, 0.2) is 0 Å². The molecule has 0 heterocycles. The number of hydrogen-bond donors (Lipinski definition) is 0. The molecule has 0 heteroatoms. The van der Waals surface area contributed by atoms with Gasteiger partial charge in [0.1, 0.15) is 0 Å². The number of benzene rings is 2. The van der Waals surface area contributed by atoms with E-state index in [-0.39, 0.29) is 0 Å². The van der Waals surface area contributed by atoms with Crippen molar-refractivity contribution in [3.05, 3.63) is 82.9 Å². The van der Waals surface area contributed by atoms with Crippen LogP contribution in [0.2, 0.25) is 0 Å². The predicted molar refractivity (Wildman–Crippen MR) is 76.4 cm³/mol. The minimum absolute atomic E-state index is 0.501. The fourth-order valence-electron chi connectivity index (χ4n) is 3.18. The van der Waals surface area contributed by atoms with Gasteiger partial charge >= 0.3 is 0 Å². The first-order valence-electron chi connectivity index (χ1n) is 6.48. The van der Waals surface area contributed by atoms with E-state index in [4.69, 9.17) is 0 Å². The summed E-state index contributed by atoms with van der Waals surface area (Å²) in [4.78, 5) is 0. The molecule has 86 valence electrons. The van der Waals surface area contributed by atoms with Crippen molar-refractivity contribution in [1.29, 1.82) is 0 Å². The van der Waals surface area contributed by atoms with Crippen molar-refractivity contribution >= 4 is 12.2 Å². The fraction of sp³-hybridized carbons (Fsp3) is 0.111. The zero-order valence-electron chi connectivity index (χ0n) is 10.1. The number of rotatable bonds is 1. The van der Waals surface area contributed by atoms with Crippen LogP contribution in [-0.2, 0) is 0 Å². The molecule has 0 amide bonds. The molecule has 0 nitrogen and oxygen atoms in total. The second kappa shape index (κ2) is 3.71. The van der Waals surface area contributed by atoms with E-state index in [1.165, 1.54) is 22.3 Å². The van der Waals surface area contributed by atoms with Gasteiger partial charge in [-0.05, 0) is 22.3 Å². The Kier molecular flexibility index (Phi) is 2.04. The van der Waals surface area contributed by atoms with E-state index in [1.54, 1.807) is 0 Å².